The van der Waals surface area contributed by atoms with Crippen LogP contribution < -0.4 is 20.1 Å². The van der Waals surface area contributed by atoms with E-state index in [2.05, 4.69) is 32.7 Å². The van der Waals surface area contributed by atoms with Crippen LogP contribution in [0.3, 0.4) is 0 Å². The van der Waals surface area contributed by atoms with Crippen molar-refractivity contribution in [2.24, 2.45) is 0 Å². The fraction of sp³-hybridized carbons (Fsp3) is 0.400. The van der Waals surface area contributed by atoms with Gasteiger partial charge in [-0.2, -0.15) is 10.1 Å². The summed E-state index contributed by atoms with van der Waals surface area (Å²) in [6.07, 6.45) is 5.06. The van der Waals surface area contributed by atoms with Crippen molar-refractivity contribution < 1.29 is 9.47 Å². The Kier molecular flexibility index (Phi) is 4.53. The molecule has 0 bridgehead atoms. The molecule has 1 aromatic heterocycles. The van der Waals surface area contributed by atoms with Crippen molar-refractivity contribution in [1.82, 2.24) is 15.2 Å². The molecule has 0 spiro atoms. The highest BCUT2D eigenvalue weighted by atomic mass is 16.7. The van der Waals surface area contributed by atoms with E-state index in [0.29, 0.717) is 11.8 Å². The second-order valence-electron chi connectivity index (χ2n) is 4.99. The maximum absolute atomic E-state index is 5.35. The summed E-state index contributed by atoms with van der Waals surface area (Å²) in [6.45, 7) is 3.29. The average Bonchev–Trinajstić information content (AvgIpc) is 3.00. The van der Waals surface area contributed by atoms with Gasteiger partial charge in [-0.25, -0.2) is 0 Å². The Morgan fingerprint density at radius 1 is 1.18 bits per heavy atom. The van der Waals surface area contributed by atoms with Gasteiger partial charge >= 0.3 is 0 Å². The van der Waals surface area contributed by atoms with Crippen molar-refractivity contribution in [3.8, 4) is 11.5 Å². The third-order valence-corrected chi connectivity index (χ3v) is 3.27. The van der Waals surface area contributed by atoms with Gasteiger partial charge in [0.15, 0.2) is 17.3 Å². The topological polar surface area (TPSA) is 81.2 Å². The van der Waals surface area contributed by atoms with Crippen LogP contribution in [0.5, 0.6) is 11.5 Å². The minimum absolute atomic E-state index is 0.264. The Balaban J connectivity index is 1.62. The van der Waals surface area contributed by atoms with Gasteiger partial charge in [0.2, 0.25) is 12.7 Å². The van der Waals surface area contributed by atoms with Crippen molar-refractivity contribution in [3.05, 3.63) is 24.4 Å². The molecule has 0 aliphatic carbocycles. The zero-order chi connectivity index (χ0) is 15.2. The van der Waals surface area contributed by atoms with Crippen LogP contribution >= 0.6 is 0 Å². The number of fused-ring (bicyclic) bond motifs is 1. The van der Waals surface area contributed by atoms with Gasteiger partial charge in [0.05, 0.1) is 6.20 Å². The monoisotopic (exact) mass is 301 g/mol. The number of ether oxygens (including phenoxy) is 2. The normalized spacial score (nSPS) is 12.2. The van der Waals surface area contributed by atoms with E-state index in [4.69, 9.17) is 9.47 Å². The zero-order valence-corrected chi connectivity index (χ0v) is 12.5. The van der Waals surface area contributed by atoms with E-state index >= 15 is 0 Å². The molecule has 2 N–H and O–H groups in total. The van der Waals surface area contributed by atoms with E-state index in [1.54, 1.807) is 6.20 Å². The summed E-state index contributed by atoms with van der Waals surface area (Å²) in [5, 5.41) is 14.3. The van der Waals surface area contributed by atoms with Gasteiger partial charge in [-0.15, -0.1) is 5.10 Å². The highest BCUT2D eigenvalue weighted by Crippen LogP contribution is 2.34. The fourth-order valence-corrected chi connectivity index (χ4v) is 2.14. The minimum atomic E-state index is 0.264. The predicted octanol–water partition coefficient (Wildman–Crippen LogP) is 2.95. The lowest BCUT2D eigenvalue weighted by molar-refractivity contribution is 0.174. The lowest BCUT2D eigenvalue weighted by atomic mass is 10.2. The highest BCUT2D eigenvalue weighted by Gasteiger charge is 2.13. The fourth-order valence-electron chi connectivity index (χ4n) is 2.14. The molecule has 7 nitrogen and oxygen atoms in total. The summed E-state index contributed by atoms with van der Waals surface area (Å²) in [5.74, 6) is 2.64. The zero-order valence-electron chi connectivity index (χ0n) is 12.5. The van der Waals surface area contributed by atoms with E-state index in [0.717, 1.165) is 30.2 Å². The molecule has 0 fully saturated rings. The van der Waals surface area contributed by atoms with E-state index in [9.17, 15) is 0 Å². The molecule has 7 heteroatoms. The van der Waals surface area contributed by atoms with Gasteiger partial charge in [-0.1, -0.05) is 19.8 Å². The second kappa shape index (κ2) is 6.93. The molecule has 0 amide bonds. The first-order valence-electron chi connectivity index (χ1n) is 7.45. The first-order valence-corrected chi connectivity index (χ1v) is 7.45. The van der Waals surface area contributed by atoms with Crippen molar-refractivity contribution in [3.63, 3.8) is 0 Å². The molecular formula is C15H19N5O2. The van der Waals surface area contributed by atoms with E-state index in [1.807, 2.05) is 18.2 Å². The number of benzene rings is 1. The van der Waals surface area contributed by atoms with Crippen LogP contribution in [-0.4, -0.2) is 28.5 Å². The molecule has 0 unspecified atom stereocenters. The van der Waals surface area contributed by atoms with Gasteiger partial charge < -0.3 is 20.1 Å². The number of hydrogen-bond donors (Lipinski definition) is 2. The van der Waals surface area contributed by atoms with E-state index in [1.165, 1.54) is 12.8 Å². The number of unbranched alkanes of at least 4 members (excludes halogenated alkanes) is 2. The number of nitrogens with one attached hydrogen (secondary N) is 2. The molecule has 0 saturated carbocycles. The van der Waals surface area contributed by atoms with Crippen molar-refractivity contribution >= 4 is 17.5 Å². The molecule has 0 radical (unpaired) electrons. The molecule has 2 aromatic rings. The Labute approximate surface area is 129 Å². The number of hydrogen-bond acceptors (Lipinski definition) is 7. The predicted molar refractivity (Wildman–Crippen MR) is 83.7 cm³/mol. The molecule has 2 heterocycles. The van der Waals surface area contributed by atoms with Gasteiger partial charge in [0, 0.05) is 18.3 Å². The van der Waals surface area contributed by atoms with Crippen molar-refractivity contribution in [1.29, 1.82) is 0 Å². The standard InChI is InChI=1S/C15H19N5O2/c1-2-3-4-7-16-15-19-14(9-17-20-15)18-11-5-6-12-13(8-11)22-10-21-12/h5-6,8-9H,2-4,7,10H2,1H3,(H2,16,18,19,20). The van der Waals surface area contributed by atoms with Crippen molar-refractivity contribution in [2.45, 2.75) is 26.2 Å². The Morgan fingerprint density at radius 3 is 3.00 bits per heavy atom. The number of rotatable bonds is 7. The summed E-state index contributed by atoms with van der Waals surface area (Å²) in [4.78, 5) is 4.39. The summed E-state index contributed by atoms with van der Waals surface area (Å²) < 4.78 is 10.6. The van der Waals surface area contributed by atoms with Gasteiger partial charge in [-0.05, 0) is 18.6 Å². The minimum Gasteiger partial charge on any atom is -0.454 e. The average molecular weight is 301 g/mol. The molecule has 0 atom stereocenters. The Hall–Kier alpha value is -2.57. The summed E-state index contributed by atoms with van der Waals surface area (Å²) in [5.41, 5.74) is 0.863. The summed E-state index contributed by atoms with van der Waals surface area (Å²) >= 11 is 0. The number of nitrogens with zero attached hydrogens (tertiary/aromatic N) is 3. The van der Waals surface area contributed by atoms with Crippen LogP contribution in [-0.2, 0) is 0 Å². The van der Waals surface area contributed by atoms with Crippen LogP contribution in [0.4, 0.5) is 17.5 Å². The van der Waals surface area contributed by atoms with Crippen LogP contribution in [0.15, 0.2) is 24.4 Å². The van der Waals surface area contributed by atoms with Crippen molar-refractivity contribution in [2.75, 3.05) is 24.0 Å². The quantitative estimate of drug-likeness (QED) is 0.761. The molecule has 116 valence electrons. The Morgan fingerprint density at radius 2 is 2.09 bits per heavy atom. The lowest BCUT2D eigenvalue weighted by Gasteiger charge is -2.08. The van der Waals surface area contributed by atoms with Gasteiger partial charge in [-0.3, -0.25) is 0 Å². The highest BCUT2D eigenvalue weighted by molar-refractivity contribution is 5.61. The molecule has 1 aliphatic heterocycles. The third-order valence-electron chi connectivity index (χ3n) is 3.27. The smallest absolute Gasteiger partial charge is 0.244 e. The third kappa shape index (κ3) is 3.55. The number of aromatic nitrogens is 3. The van der Waals surface area contributed by atoms with E-state index in [-0.39, 0.29) is 6.79 Å². The van der Waals surface area contributed by atoms with Crippen LogP contribution in [0.1, 0.15) is 26.2 Å². The maximum atomic E-state index is 5.35. The van der Waals surface area contributed by atoms with Gasteiger partial charge in [0.1, 0.15) is 0 Å². The van der Waals surface area contributed by atoms with Crippen LogP contribution in [0.2, 0.25) is 0 Å². The SMILES string of the molecule is CCCCCNc1nncc(Nc2ccc3c(c2)OCO3)n1. The second-order valence-corrected chi connectivity index (χ2v) is 4.99. The molecule has 22 heavy (non-hydrogen) atoms. The molecule has 0 saturated heterocycles. The molecule has 3 rings (SSSR count). The molecule has 1 aromatic carbocycles. The molecular weight excluding hydrogens is 282 g/mol. The Bertz CT molecular complexity index is 635. The van der Waals surface area contributed by atoms with Gasteiger partial charge in [0.25, 0.3) is 0 Å². The van der Waals surface area contributed by atoms with E-state index < -0.39 is 0 Å². The maximum Gasteiger partial charge on any atom is 0.244 e. The first kappa shape index (κ1) is 14.4. The van der Waals surface area contributed by atoms with Crippen LogP contribution in [0.25, 0.3) is 0 Å². The summed E-state index contributed by atoms with van der Waals surface area (Å²) in [7, 11) is 0. The largest absolute Gasteiger partial charge is 0.454 e. The summed E-state index contributed by atoms with van der Waals surface area (Å²) in [6, 6.07) is 5.64. The first-order chi connectivity index (χ1) is 10.8. The number of anilines is 3. The lowest BCUT2D eigenvalue weighted by Crippen LogP contribution is -2.07. The van der Waals surface area contributed by atoms with Crippen LogP contribution in [0, 0.1) is 0 Å². The molecule has 1 aliphatic rings.